The van der Waals surface area contributed by atoms with Crippen LogP contribution >= 0.6 is 0 Å². The molecule has 0 spiro atoms. The van der Waals surface area contributed by atoms with Crippen molar-refractivity contribution in [1.82, 2.24) is 9.97 Å². The minimum atomic E-state index is 0.444. The molecule has 0 N–H and O–H groups in total. The van der Waals surface area contributed by atoms with Crippen LogP contribution in [-0.2, 0) is 0 Å². The van der Waals surface area contributed by atoms with Crippen molar-refractivity contribution < 1.29 is 9.47 Å². The molecule has 0 aliphatic rings. The van der Waals surface area contributed by atoms with Crippen molar-refractivity contribution in [3.05, 3.63) is 72.6 Å². The standard InChI is InChI=1S/C17H14N2O2/c1-13-7-5-6-10-15(13)21-17-11-16(18-12-19-17)20-14-8-3-2-4-9-14/h2-12H,1H3. The Morgan fingerprint density at radius 2 is 1.43 bits per heavy atom. The fourth-order valence-corrected chi connectivity index (χ4v) is 1.83. The molecule has 0 atom stereocenters. The maximum Gasteiger partial charge on any atom is 0.226 e. The van der Waals surface area contributed by atoms with Gasteiger partial charge in [0.25, 0.3) is 0 Å². The van der Waals surface area contributed by atoms with E-state index in [0.717, 1.165) is 17.1 Å². The molecule has 0 saturated heterocycles. The normalized spacial score (nSPS) is 10.1. The molecule has 0 fully saturated rings. The molecular formula is C17H14N2O2. The van der Waals surface area contributed by atoms with Crippen molar-refractivity contribution in [3.8, 4) is 23.3 Å². The van der Waals surface area contributed by atoms with Crippen LogP contribution in [0.1, 0.15) is 5.56 Å². The minimum Gasteiger partial charge on any atom is -0.439 e. The maximum absolute atomic E-state index is 5.76. The van der Waals surface area contributed by atoms with Crippen molar-refractivity contribution in [3.63, 3.8) is 0 Å². The van der Waals surface area contributed by atoms with E-state index in [2.05, 4.69) is 9.97 Å². The minimum absolute atomic E-state index is 0.444. The van der Waals surface area contributed by atoms with Crippen molar-refractivity contribution in [2.45, 2.75) is 6.92 Å². The molecule has 0 unspecified atom stereocenters. The van der Waals surface area contributed by atoms with Gasteiger partial charge in [0, 0.05) is 0 Å². The number of benzene rings is 2. The summed E-state index contributed by atoms with van der Waals surface area (Å²) in [6.07, 6.45) is 1.42. The highest BCUT2D eigenvalue weighted by Gasteiger charge is 2.05. The second-order valence-electron chi connectivity index (χ2n) is 4.48. The first-order valence-corrected chi connectivity index (χ1v) is 6.60. The third-order valence-corrected chi connectivity index (χ3v) is 2.89. The number of hydrogen-bond donors (Lipinski definition) is 0. The zero-order chi connectivity index (χ0) is 14.5. The average Bonchev–Trinajstić information content (AvgIpc) is 2.51. The summed E-state index contributed by atoms with van der Waals surface area (Å²) in [4.78, 5) is 8.19. The molecule has 104 valence electrons. The highest BCUT2D eigenvalue weighted by Crippen LogP contribution is 2.26. The van der Waals surface area contributed by atoms with Crippen LogP contribution in [0, 0.1) is 6.92 Å². The van der Waals surface area contributed by atoms with Gasteiger partial charge in [0.1, 0.15) is 17.8 Å². The molecule has 0 bridgehead atoms. The Bertz CT molecular complexity index is 730. The number of nitrogens with zero attached hydrogens (tertiary/aromatic N) is 2. The quantitative estimate of drug-likeness (QED) is 0.710. The molecule has 2 aromatic carbocycles. The molecule has 21 heavy (non-hydrogen) atoms. The monoisotopic (exact) mass is 278 g/mol. The van der Waals surface area contributed by atoms with E-state index in [0.29, 0.717) is 11.8 Å². The van der Waals surface area contributed by atoms with Crippen molar-refractivity contribution in [2.24, 2.45) is 0 Å². The fraction of sp³-hybridized carbons (Fsp3) is 0.0588. The first-order valence-electron chi connectivity index (χ1n) is 6.60. The van der Waals surface area contributed by atoms with Gasteiger partial charge in [-0.15, -0.1) is 0 Å². The van der Waals surface area contributed by atoms with E-state index in [4.69, 9.17) is 9.47 Å². The predicted molar refractivity (Wildman–Crippen MR) is 79.8 cm³/mol. The van der Waals surface area contributed by atoms with E-state index < -0.39 is 0 Å². The SMILES string of the molecule is Cc1ccccc1Oc1cc(Oc2ccccc2)ncn1. The van der Waals surface area contributed by atoms with Gasteiger partial charge in [-0.2, -0.15) is 0 Å². The van der Waals surface area contributed by atoms with Gasteiger partial charge >= 0.3 is 0 Å². The summed E-state index contributed by atoms with van der Waals surface area (Å²) < 4.78 is 11.4. The van der Waals surface area contributed by atoms with Gasteiger partial charge in [0.2, 0.25) is 11.8 Å². The van der Waals surface area contributed by atoms with Crippen molar-refractivity contribution in [1.29, 1.82) is 0 Å². The Kier molecular flexibility index (Phi) is 3.78. The molecule has 3 rings (SSSR count). The van der Waals surface area contributed by atoms with Crippen molar-refractivity contribution in [2.75, 3.05) is 0 Å². The van der Waals surface area contributed by atoms with E-state index in [1.54, 1.807) is 6.07 Å². The number of aromatic nitrogens is 2. The third kappa shape index (κ3) is 3.36. The average molecular weight is 278 g/mol. The lowest BCUT2D eigenvalue weighted by molar-refractivity contribution is 0.432. The lowest BCUT2D eigenvalue weighted by atomic mass is 10.2. The fourth-order valence-electron chi connectivity index (χ4n) is 1.83. The molecule has 4 nitrogen and oxygen atoms in total. The summed E-state index contributed by atoms with van der Waals surface area (Å²) in [7, 11) is 0. The van der Waals surface area contributed by atoms with Gasteiger partial charge in [-0.3, -0.25) is 0 Å². The smallest absolute Gasteiger partial charge is 0.226 e. The van der Waals surface area contributed by atoms with E-state index in [9.17, 15) is 0 Å². The summed E-state index contributed by atoms with van der Waals surface area (Å²) in [6.45, 7) is 1.98. The van der Waals surface area contributed by atoms with Gasteiger partial charge < -0.3 is 9.47 Å². The van der Waals surface area contributed by atoms with Gasteiger partial charge in [0.05, 0.1) is 6.07 Å². The Labute approximate surface area is 123 Å². The highest BCUT2D eigenvalue weighted by atomic mass is 16.5. The molecule has 1 aromatic heterocycles. The number of para-hydroxylation sites is 2. The number of rotatable bonds is 4. The van der Waals surface area contributed by atoms with Gasteiger partial charge in [-0.05, 0) is 30.7 Å². The summed E-state index contributed by atoms with van der Waals surface area (Å²) in [5.74, 6) is 2.38. The third-order valence-electron chi connectivity index (χ3n) is 2.89. The van der Waals surface area contributed by atoms with Crippen molar-refractivity contribution >= 4 is 0 Å². The largest absolute Gasteiger partial charge is 0.439 e. The Morgan fingerprint density at radius 1 is 0.762 bits per heavy atom. The van der Waals surface area contributed by atoms with Crippen LogP contribution in [-0.4, -0.2) is 9.97 Å². The van der Waals surface area contributed by atoms with Crippen LogP contribution in [0.25, 0.3) is 0 Å². The second-order valence-corrected chi connectivity index (χ2v) is 4.48. The predicted octanol–water partition coefficient (Wildman–Crippen LogP) is 4.37. The number of aryl methyl sites for hydroxylation is 1. The first kappa shape index (κ1) is 13.1. The van der Waals surface area contributed by atoms with E-state index in [1.165, 1.54) is 6.33 Å². The molecular weight excluding hydrogens is 264 g/mol. The maximum atomic E-state index is 5.76. The van der Waals surface area contributed by atoms with E-state index >= 15 is 0 Å². The first-order chi connectivity index (χ1) is 10.3. The molecule has 3 aromatic rings. The Balaban J connectivity index is 1.79. The zero-order valence-corrected chi connectivity index (χ0v) is 11.6. The molecule has 4 heteroatoms. The van der Waals surface area contributed by atoms with Gasteiger partial charge in [-0.1, -0.05) is 36.4 Å². The summed E-state index contributed by atoms with van der Waals surface area (Å²) in [5.41, 5.74) is 1.04. The van der Waals surface area contributed by atoms with Gasteiger partial charge in [-0.25, -0.2) is 9.97 Å². The highest BCUT2D eigenvalue weighted by molar-refractivity contribution is 5.36. The molecule has 0 saturated carbocycles. The summed E-state index contributed by atoms with van der Waals surface area (Å²) >= 11 is 0. The molecule has 0 aliphatic carbocycles. The molecule has 1 heterocycles. The number of ether oxygens (including phenoxy) is 2. The Hall–Kier alpha value is -2.88. The van der Waals surface area contributed by atoms with Crippen LogP contribution in [0.2, 0.25) is 0 Å². The Morgan fingerprint density at radius 3 is 2.19 bits per heavy atom. The van der Waals surface area contributed by atoms with E-state index in [-0.39, 0.29) is 0 Å². The van der Waals surface area contributed by atoms with Crippen LogP contribution in [0.3, 0.4) is 0 Å². The second kappa shape index (κ2) is 6.05. The molecule has 0 aliphatic heterocycles. The topological polar surface area (TPSA) is 44.2 Å². The lowest BCUT2D eigenvalue weighted by Crippen LogP contribution is -1.93. The number of hydrogen-bond acceptors (Lipinski definition) is 4. The van der Waals surface area contributed by atoms with Gasteiger partial charge in [0.15, 0.2) is 0 Å². The van der Waals surface area contributed by atoms with Crippen LogP contribution in [0.15, 0.2) is 67.0 Å². The zero-order valence-electron chi connectivity index (χ0n) is 11.6. The van der Waals surface area contributed by atoms with E-state index in [1.807, 2.05) is 61.5 Å². The summed E-state index contributed by atoms with van der Waals surface area (Å²) in [5, 5.41) is 0. The lowest BCUT2D eigenvalue weighted by Gasteiger charge is -2.08. The van der Waals surface area contributed by atoms with Crippen LogP contribution in [0.5, 0.6) is 23.3 Å². The summed E-state index contributed by atoms with van der Waals surface area (Å²) in [6, 6.07) is 18.9. The molecule has 0 amide bonds. The molecule has 0 radical (unpaired) electrons. The van der Waals surface area contributed by atoms with Crippen LogP contribution in [0.4, 0.5) is 0 Å². The van der Waals surface area contributed by atoms with Crippen LogP contribution < -0.4 is 9.47 Å².